The molecule has 7 heteroatoms. The summed E-state index contributed by atoms with van der Waals surface area (Å²) < 4.78 is 11.2. The first-order valence-electron chi connectivity index (χ1n) is 10.5. The van der Waals surface area contributed by atoms with Crippen LogP contribution in [0.2, 0.25) is 0 Å². The van der Waals surface area contributed by atoms with Crippen molar-refractivity contribution in [3.8, 4) is 5.75 Å². The lowest BCUT2D eigenvalue weighted by Crippen LogP contribution is -2.37. The Morgan fingerprint density at radius 3 is 2.27 bits per heavy atom. The molecule has 0 aromatic heterocycles. The number of primary amides is 1. The number of aryl methyl sites for hydroxylation is 1. The fourth-order valence-corrected chi connectivity index (χ4v) is 3.20. The molecule has 0 spiro atoms. The minimum Gasteiger partial charge on any atom is -0.488 e. The van der Waals surface area contributed by atoms with E-state index in [-0.39, 0.29) is 18.5 Å². The first-order valence-corrected chi connectivity index (χ1v) is 10.5. The molecule has 0 aliphatic rings. The average Bonchev–Trinajstić information content (AvgIpc) is 2.83. The van der Waals surface area contributed by atoms with Gasteiger partial charge in [-0.2, -0.15) is 0 Å². The number of nitrogens with zero attached hydrogens (tertiary/aromatic N) is 1. The first kappa shape index (κ1) is 23.5. The van der Waals surface area contributed by atoms with Crippen molar-refractivity contribution in [3.63, 3.8) is 0 Å². The van der Waals surface area contributed by atoms with Gasteiger partial charge in [-0.25, -0.2) is 4.79 Å². The van der Waals surface area contributed by atoms with Crippen LogP contribution in [0.3, 0.4) is 0 Å². The molecular formula is C26H26N2O5. The molecule has 0 bridgehead atoms. The van der Waals surface area contributed by atoms with Crippen molar-refractivity contribution in [3.05, 3.63) is 95.6 Å². The Hall–Kier alpha value is -4.13. The second-order valence-corrected chi connectivity index (χ2v) is 7.38. The van der Waals surface area contributed by atoms with Crippen molar-refractivity contribution in [1.29, 1.82) is 0 Å². The second kappa shape index (κ2) is 11.5. The summed E-state index contributed by atoms with van der Waals surface area (Å²) in [4.78, 5) is 38.1. The largest absolute Gasteiger partial charge is 0.488 e. The summed E-state index contributed by atoms with van der Waals surface area (Å²) in [6.45, 7) is 1.89. The van der Waals surface area contributed by atoms with Crippen LogP contribution in [0.5, 0.6) is 5.75 Å². The van der Waals surface area contributed by atoms with Gasteiger partial charge in [-0.05, 0) is 42.3 Å². The van der Waals surface area contributed by atoms with Gasteiger partial charge in [0.05, 0.1) is 0 Å². The Bertz CT molecular complexity index is 1110. The standard InChI is InChI=1S/C26H26N2O5/c1-19-9-5-6-10-20(19)17-32-23-14-8-7-13-22(23)26(31)33-18-25(30)28(16-15-24(27)29)21-11-3-2-4-12-21/h2-14H,15-18H2,1H3,(H2,27,29). The lowest BCUT2D eigenvalue weighted by Gasteiger charge is -2.22. The number of ether oxygens (including phenoxy) is 2. The summed E-state index contributed by atoms with van der Waals surface area (Å²) in [5.41, 5.74) is 8.13. The van der Waals surface area contributed by atoms with E-state index in [0.29, 0.717) is 18.0 Å². The van der Waals surface area contributed by atoms with E-state index in [1.807, 2.05) is 37.3 Å². The summed E-state index contributed by atoms with van der Waals surface area (Å²) in [5.74, 6) is -1.30. The fourth-order valence-electron chi connectivity index (χ4n) is 3.20. The van der Waals surface area contributed by atoms with Gasteiger partial charge < -0.3 is 20.1 Å². The lowest BCUT2D eigenvalue weighted by atomic mass is 10.1. The number of esters is 1. The first-order chi connectivity index (χ1) is 16.0. The molecular weight excluding hydrogens is 420 g/mol. The molecule has 0 saturated carbocycles. The molecule has 170 valence electrons. The zero-order valence-corrected chi connectivity index (χ0v) is 18.4. The molecule has 0 saturated heterocycles. The minimum atomic E-state index is -0.674. The van der Waals surface area contributed by atoms with E-state index < -0.39 is 24.4 Å². The number of hydrogen-bond acceptors (Lipinski definition) is 5. The zero-order valence-electron chi connectivity index (χ0n) is 18.4. The summed E-state index contributed by atoms with van der Waals surface area (Å²) in [6.07, 6.45) is -0.00977. The molecule has 0 fully saturated rings. The van der Waals surface area contributed by atoms with Gasteiger partial charge in [-0.15, -0.1) is 0 Å². The van der Waals surface area contributed by atoms with Gasteiger partial charge in [-0.3, -0.25) is 9.59 Å². The van der Waals surface area contributed by atoms with Gasteiger partial charge in [0.15, 0.2) is 6.61 Å². The summed E-state index contributed by atoms with van der Waals surface area (Å²) in [5, 5.41) is 0. The number of carbonyl (C=O) groups is 3. The van der Waals surface area contributed by atoms with Crippen molar-refractivity contribution in [2.24, 2.45) is 5.73 Å². The highest BCUT2D eigenvalue weighted by Gasteiger charge is 2.20. The van der Waals surface area contributed by atoms with E-state index in [1.54, 1.807) is 48.5 Å². The third kappa shape index (κ3) is 6.67. The number of carbonyl (C=O) groups excluding carboxylic acids is 3. The lowest BCUT2D eigenvalue weighted by molar-refractivity contribution is -0.121. The van der Waals surface area contributed by atoms with E-state index in [2.05, 4.69) is 0 Å². The number of rotatable bonds is 10. The Kier molecular flexibility index (Phi) is 8.18. The number of nitrogens with two attached hydrogens (primary N) is 1. The Morgan fingerprint density at radius 1 is 0.879 bits per heavy atom. The van der Waals surface area contributed by atoms with Crippen LogP contribution in [0.4, 0.5) is 5.69 Å². The molecule has 0 atom stereocenters. The van der Waals surface area contributed by atoms with E-state index in [4.69, 9.17) is 15.2 Å². The van der Waals surface area contributed by atoms with Gasteiger partial charge in [0.2, 0.25) is 5.91 Å². The third-order valence-electron chi connectivity index (χ3n) is 5.03. The Balaban J connectivity index is 1.66. The molecule has 2 N–H and O–H groups in total. The molecule has 0 heterocycles. The van der Waals surface area contributed by atoms with Crippen molar-refractivity contribution >= 4 is 23.5 Å². The molecule has 3 aromatic rings. The van der Waals surface area contributed by atoms with Crippen LogP contribution in [0.1, 0.15) is 27.9 Å². The maximum absolute atomic E-state index is 12.8. The number of hydrogen-bond donors (Lipinski definition) is 1. The molecule has 0 aliphatic heterocycles. The van der Waals surface area contributed by atoms with Gasteiger partial charge >= 0.3 is 5.97 Å². The zero-order chi connectivity index (χ0) is 23.6. The maximum atomic E-state index is 12.8. The highest BCUT2D eigenvalue weighted by molar-refractivity contribution is 5.98. The van der Waals surface area contributed by atoms with Gasteiger partial charge in [0.1, 0.15) is 17.9 Å². The molecule has 2 amide bonds. The summed E-state index contributed by atoms with van der Waals surface area (Å²) >= 11 is 0. The highest BCUT2D eigenvalue weighted by Crippen LogP contribution is 2.21. The number of amides is 2. The normalized spacial score (nSPS) is 10.3. The van der Waals surface area contributed by atoms with Crippen LogP contribution in [-0.4, -0.2) is 30.9 Å². The van der Waals surface area contributed by atoms with E-state index in [9.17, 15) is 14.4 Å². The molecule has 0 unspecified atom stereocenters. The van der Waals surface area contributed by atoms with Crippen LogP contribution >= 0.6 is 0 Å². The predicted molar refractivity (Wildman–Crippen MR) is 125 cm³/mol. The van der Waals surface area contributed by atoms with Gasteiger partial charge in [0, 0.05) is 18.7 Å². The predicted octanol–water partition coefficient (Wildman–Crippen LogP) is 3.64. The molecule has 3 aromatic carbocycles. The Morgan fingerprint density at radius 2 is 1.55 bits per heavy atom. The number of benzene rings is 3. The van der Waals surface area contributed by atoms with Crippen molar-refractivity contribution in [2.75, 3.05) is 18.1 Å². The van der Waals surface area contributed by atoms with E-state index >= 15 is 0 Å². The maximum Gasteiger partial charge on any atom is 0.342 e. The highest BCUT2D eigenvalue weighted by atomic mass is 16.5. The number of para-hydroxylation sites is 2. The van der Waals surface area contributed by atoms with Crippen molar-refractivity contribution < 1.29 is 23.9 Å². The van der Waals surface area contributed by atoms with Crippen LogP contribution in [0, 0.1) is 6.92 Å². The molecule has 33 heavy (non-hydrogen) atoms. The SMILES string of the molecule is Cc1ccccc1COc1ccccc1C(=O)OCC(=O)N(CCC(N)=O)c1ccccc1. The van der Waals surface area contributed by atoms with Crippen LogP contribution in [-0.2, 0) is 20.9 Å². The average molecular weight is 447 g/mol. The summed E-state index contributed by atoms with van der Waals surface area (Å²) in [7, 11) is 0. The quantitative estimate of drug-likeness (QED) is 0.480. The van der Waals surface area contributed by atoms with Crippen molar-refractivity contribution in [1.82, 2.24) is 0 Å². The van der Waals surface area contributed by atoms with Crippen molar-refractivity contribution in [2.45, 2.75) is 20.0 Å². The Labute approximate surface area is 192 Å². The van der Waals surface area contributed by atoms with Gasteiger partial charge in [-0.1, -0.05) is 54.6 Å². The topological polar surface area (TPSA) is 98.9 Å². The monoisotopic (exact) mass is 446 g/mol. The molecule has 0 aliphatic carbocycles. The molecule has 0 radical (unpaired) electrons. The smallest absolute Gasteiger partial charge is 0.342 e. The van der Waals surface area contributed by atoms with E-state index in [1.165, 1.54) is 4.90 Å². The van der Waals surface area contributed by atoms with E-state index in [0.717, 1.165) is 11.1 Å². The minimum absolute atomic E-state index is 0.00977. The number of anilines is 1. The molecule has 3 rings (SSSR count). The fraction of sp³-hybridized carbons (Fsp3) is 0.192. The van der Waals surface area contributed by atoms with Crippen LogP contribution < -0.4 is 15.4 Å². The molecule has 7 nitrogen and oxygen atoms in total. The van der Waals surface area contributed by atoms with Crippen LogP contribution in [0.15, 0.2) is 78.9 Å². The third-order valence-corrected chi connectivity index (χ3v) is 5.03. The van der Waals surface area contributed by atoms with Gasteiger partial charge in [0.25, 0.3) is 5.91 Å². The second-order valence-electron chi connectivity index (χ2n) is 7.38. The van der Waals surface area contributed by atoms with Crippen LogP contribution in [0.25, 0.3) is 0 Å². The summed E-state index contributed by atoms with van der Waals surface area (Å²) in [6, 6.07) is 23.4.